The molecule has 0 aromatic carbocycles. The second-order valence-electron chi connectivity index (χ2n) is 4.27. The molecule has 0 aliphatic carbocycles. The van der Waals surface area contributed by atoms with Crippen molar-refractivity contribution in [3.05, 3.63) is 0 Å². The van der Waals surface area contributed by atoms with Gasteiger partial charge in [0.1, 0.15) is 0 Å². The molecule has 2 heteroatoms. The molecule has 0 aliphatic rings. The van der Waals surface area contributed by atoms with Crippen LogP contribution in [0.5, 0.6) is 0 Å². The van der Waals surface area contributed by atoms with Gasteiger partial charge >= 0.3 is 0 Å². The summed E-state index contributed by atoms with van der Waals surface area (Å²) in [5, 5.41) is 3.63. The van der Waals surface area contributed by atoms with Crippen molar-refractivity contribution in [1.82, 2.24) is 5.32 Å². The highest BCUT2D eigenvalue weighted by molar-refractivity contribution is 4.80. The summed E-state index contributed by atoms with van der Waals surface area (Å²) in [6, 6.07) is 0.514. The van der Waals surface area contributed by atoms with Crippen LogP contribution in [-0.4, -0.2) is 25.3 Å². The minimum atomic E-state index is 0.372. The molecule has 92 valence electrons. The molecule has 0 aromatic rings. The highest BCUT2D eigenvalue weighted by Crippen LogP contribution is 2.16. The van der Waals surface area contributed by atoms with E-state index in [-0.39, 0.29) is 0 Å². The Morgan fingerprint density at radius 3 is 2.13 bits per heavy atom. The third-order valence-corrected chi connectivity index (χ3v) is 3.07. The van der Waals surface area contributed by atoms with Crippen molar-refractivity contribution in [2.45, 2.75) is 66.0 Å². The summed E-state index contributed by atoms with van der Waals surface area (Å²) in [7, 11) is 0. The molecule has 0 amide bonds. The SMILES string of the molecule is CCCNC(C(C)CC)C(CC)OCC. The van der Waals surface area contributed by atoms with Crippen molar-refractivity contribution in [1.29, 1.82) is 0 Å². The summed E-state index contributed by atoms with van der Waals surface area (Å²) < 4.78 is 5.81. The molecule has 0 radical (unpaired) electrons. The summed E-state index contributed by atoms with van der Waals surface area (Å²) in [5.41, 5.74) is 0. The smallest absolute Gasteiger partial charge is 0.0727 e. The van der Waals surface area contributed by atoms with Crippen LogP contribution in [-0.2, 0) is 4.74 Å². The lowest BCUT2D eigenvalue weighted by Gasteiger charge is -2.31. The average molecular weight is 215 g/mol. The van der Waals surface area contributed by atoms with Crippen molar-refractivity contribution < 1.29 is 4.74 Å². The van der Waals surface area contributed by atoms with Crippen LogP contribution in [0, 0.1) is 5.92 Å². The zero-order valence-corrected chi connectivity index (χ0v) is 11.2. The van der Waals surface area contributed by atoms with Gasteiger partial charge in [-0.3, -0.25) is 0 Å². The van der Waals surface area contributed by atoms with Gasteiger partial charge in [0.2, 0.25) is 0 Å². The molecule has 1 N–H and O–H groups in total. The molecule has 0 aliphatic heterocycles. The fourth-order valence-corrected chi connectivity index (χ4v) is 1.95. The molecule has 0 spiro atoms. The maximum absolute atomic E-state index is 5.81. The third kappa shape index (κ3) is 5.53. The number of hydrogen-bond acceptors (Lipinski definition) is 2. The summed E-state index contributed by atoms with van der Waals surface area (Å²) in [6.45, 7) is 13.0. The molecule has 0 saturated carbocycles. The zero-order valence-electron chi connectivity index (χ0n) is 11.2. The van der Waals surface area contributed by atoms with Gasteiger partial charge in [-0.15, -0.1) is 0 Å². The molecule has 0 bridgehead atoms. The minimum Gasteiger partial charge on any atom is -0.377 e. The first kappa shape index (κ1) is 14.9. The van der Waals surface area contributed by atoms with Crippen LogP contribution in [0.4, 0.5) is 0 Å². The van der Waals surface area contributed by atoms with E-state index >= 15 is 0 Å². The van der Waals surface area contributed by atoms with E-state index < -0.39 is 0 Å². The van der Waals surface area contributed by atoms with Gasteiger partial charge in [0.05, 0.1) is 6.10 Å². The average Bonchev–Trinajstić information content (AvgIpc) is 2.27. The van der Waals surface area contributed by atoms with E-state index in [9.17, 15) is 0 Å². The predicted octanol–water partition coefficient (Wildman–Crippen LogP) is 3.22. The quantitative estimate of drug-likeness (QED) is 0.637. The molecule has 3 unspecified atom stereocenters. The van der Waals surface area contributed by atoms with Gasteiger partial charge in [-0.1, -0.05) is 34.1 Å². The van der Waals surface area contributed by atoms with E-state index in [0.29, 0.717) is 18.1 Å². The van der Waals surface area contributed by atoms with Gasteiger partial charge in [0, 0.05) is 12.6 Å². The van der Waals surface area contributed by atoms with Crippen LogP contribution in [0.2, 0.25) is 0 Å². The zero-order chi connectivity index (χ0) is 11.7. The van der Waals surface area contributed by atoms with Crippen molar-refractivity contribution in [3.8, 4) is 0 Å². The van der Waals surface area contributed by atoms with Crippen molar-refractivity contribution >= 4 is 0 Å². The monoisotopic (exact) mass is 215 g/mol. The highest BCUT2D eigenvalue weighted by atomic mass is 16.5. The Morgan fingerprint density at radius 2 is 1.73 bits per heavy atom. The molecule has 0 aromatic heterocycles. The molecular formula is C13H29NO. The summed E-state index contributed by atoms with van der Waals surface area (Å²) in [4.78, 5) is 0. The van der Waals surface area contributed by atoms with Crippen LogP contribution in [0.3, 0.4) is 0 Å². The van der Waals surface area contributed by atoms with Gasteiger partial charge in [-0.25, -0.2) is 0 Å². The molecule has 0 saturated heterocycles. The van der Waals surface area contributed by atoms with Crippen molar-refractivity contribution in [2.75, 3.05) is 13.2 Å². The van der Waals surface area contributed by atoms with Gasteiger partial charge in [-0.2, -0.15) is 0 Å². The van der Waals surface area contributed by atoms with Crippen LogP contribution < -0.4 is 5.32 Å². The summed E-state index contributed by atoms with van der Waals surface area (Å²) in [6.07, 6.45) is 3.87. The number of ether oxygens (including phenoxy) is 1. The van der Waals surface area contributed by atoms with Crippen molar-refractivity contribution in [2.24, 2.45) is 5.92 Å². The van der Waals surface area contributed by atoms with Gasteiger partial charge < -0.3 is 10.1 Å². The number of rotatable bonds is 9. The first-order valence-corrected chi connectivity index (χ1v) is 6.56. The second kappa shape index (κ2) is 9.17. The Labute approximate surface area is 95.8 Å². The highest BCUT2D eigenvalue weighted by Gasteiger charge is 2.24. The van der Waals surface area contributed by atoms with E-state index in [1.807, 2.05) is 0 Å². The molecule has 3 atom stereocenters. The molecule has 2 nitrogen and oxygen atoms in total. The molecule has 0 heterocycles. The van der Waals surface area contributed by atoms with Crippen LogP contribution in [0.25, 0.3) is 0 Å². The summed E-state index contributed by atoms with van der Waals surface area (Å²) in [5.74, 6) is 0.688. The Kier molecular flexibility index (Phi) is 9.12. The normalized spacial score (nSPS) is 17.4. The summed E-state index contributed by atoms with van der Waals surface area (Å²) >= 11 is 0. The van der Waals surface area contributed by atoms with Gasteiger partial charge in [0.25, 0.3) is 0 Å². The molecule has 0 rings (SSSR count). The maximum atomic E-state index is 5.81. The fraction of sp³-hybridized carbons (Fsp3) is 1.00. The van der Waals surface area contributed by atoms with Crippen LogP contribution in [0.15, 0.2) is 0 Å². The number of nitrogens with one attached hydrogen (secondary N) is 1. The van der Waals surface area contributed by atoms with Crippen LogP contribution >= 0.6 is 0 Å². The third-order valence-electron chi connectivity index (χ3n) is 3.07. The van der Waals surface area contributed by atoms with Gasteiger partial charge in [-0.05, 0) is 32.2 Å². The predicted molar refractivity (Wildman–Crippen MR) is 67.2 cm³/mol. The van der Waals surface area contributed by atoms with E-state index in [1.54, 1.807) is 0 Å². The fourth-order valence-electron chi connectivity index (χ4n) is 1.95. The topological polar surface area (TPSA) is 21.3 Å². The lowest BCUT2D eigenvalue weighted by atomic mass is 9.92. The second-order valence-corrected chi connectivity index (χ2v) is 4.27. The van der Waals surface area contributed by atoms with Crippen LogP contribution in [0.1, 0.15) is 53.9 Å². The van der Waals surface area contributed by atoms with Gasteiger partial charge in [0.15, 0.2) is 0 Å². The van der Waals surface area contributed by atoms with Crippen molar-refractivity contribution in [3.63, 3.8) is 0 Å². The molecule has 15 heavy (non-hydrogen) atoms. The van der Waals surface area contributed by atoms with E-state index in [0.717, 1.165) is 19.6 Å². The lowest BCUT2D eigenvalue weighted by molar-refractivity contribution is 0.0168. The largest absolute Gasteiger partial charge is 0.377 e. The molecule has 0 fully saturated rings. The standard InChI is InChI=1S/C13H29NO/c1-6-10-14-13(11(5)7-2)12(8-3)15-9-4/h11-14H,6-10H2,1-5H3. The van der Waals surface area contributed by atoms with E-state index in [4.69, 9.17) is 4.74 Å². The Hall–Kier alpha value is -0.0800. The lowest BCUT2D eigenvalue weighted by Crippen LogP contribution is -2.45. The van der Waals surface area contributed by atoms with E-state index in [1.165, 1.54) is 12.8 Å². The number of hydrogen-bond donors (Lipinski definition) is 1. The maximum Gasteiger partial charge on any atom is 0.0727 e. The van der Waals surface area contributed by atoms with E-state index in [2.05, 4.69) is 39.9 Å². The first-order chi connectivity index (χ1) is 7.21. The Balaban J connectivity index is 4.28. The first-order valence-electron chi connectivity index (χ1n) is 6.56. The Morgan fingerprint density at radius 1 is 1.07 bits per heavy atom. The minimum absolute atomic E-state index is 0.372. The Bertz CT molecular complexity index is 138. The molecular weight excluding hydrogens is 186 g/mol.